The highest BCUT2D eigenvalue weighted by atomic mass is 79.9. The fourth-order valence-electron chi connectivity index (χ4n) is 3.02. The first-order valence-corrected chi connectivity index (χ1v) is 11.5. The fraction of sp³-hybridized carbons (Fsp3) is 0.192. The fourth-order valence-corrected chi connectivity index (χ4v) is 3.29. The molecule has 0 aliphatic rings. The molecule has 3 aromatic rings. The van der Waals surface area contributed by atoms with Gasteiger partial charge in [0.15, 0.2) is 18.1 Å². The Hall–Kier alpha value is -3.65. The van der Waals surface area contributed by atoms with Crippen molar-refractivity contribution in [3.8, 4) is 11.5 Å². The third kappa shape index (κ3) is 7.18. The molecule has 2 amide bonds. The quantitative estimate of drug-likeness (QED) is 0.296. The molecule has 0 fully saturated rings. The van der Waals surface area contributed by atoms with Gasteiger partial charge in [-0.05, 0) is 86.0 Å². The van der Waals surface area contributed by atoms with Crippen molar-refractivity contribution >= 4 is 39.6 Å². The van der Waals surface area contributed by atoms with Gasteiger partial charge in [-0.1, -0.05) is 28.1 Å². The van der Waals surface area contributed by atoms with Gasteiger partial charge in [-0.3, -0.25) is 9.59 Å². The van der Waals surface area contributed by atoms with Gasteiger partial charge in [0.2, 0.25) is 0 Å². The summed E-state index contributed by atoms with van der Waals surface area (Å²) in [4.78, 5) is 24.6. The molecule has 34 heavy (non-hydrogen) atoms. The Morgan fingerprint density at radius 1 is 0.971 bits per heavy atom. The van der Waals surface area contributed by atoms with Crippen LogP contribution < -0.4 is 20.2 Å². The Kier molecular flexibility index (Phi) is 8.81. The van der Waals surface area contributed by atoms with Crippen LogP contribution in [0.3, 0.4) is 0 Å². The van der Waals surface area contributed by atoms with Crippen molar-refractivity contribution in [2.24, 2.45) is 5.10 Å². The predicted octanol–water partition coefficient (Wildman–Crippen LogP) is 5.25. The smallest absolute Gasteiger partial charge is 0.271 e. The number of rotatable bonds is 9. The molecule has 0 atom stereocenters. The number of hydrogen-bond acceptors (Lipinski definition) is 5. The minimum atomic E-state index is -0.316. The van der Waals surface area contributed by atoms with Gasteiger partial charge in [-0.15, -0.1) is 0 Å². The molecule has 0 saturated carbocycles. The van der Waals surface area contributed by atoms with E-state index in [1.54, 1.807) is 42.5 Å². The van der Waals surface area contributed by atoms with Crippen LogP contribution in [-0.2, 0) is 4.79 Å². The maximum atomic E-state index is 12.4. The van der Waals surface area contributed by atoms with Crippen molar-refractivity contribution in [2.45, 2.75) is 20.8 Å². The first-order chi connectivity index (χ1) is 16.4. The van der Waals surface area contributed by atoms with E-state index >= 15 is 0 Å². The second-order valence-electron chi connectivity index (χ2n) is 7.50. The molecular weight excluding hydrogens is 498 g/mol. The number of nitrogens with zero attached hydrogens (tertiary/aromatic N) is 1. The molecule has 0 radical (unpaired) electrons. The molecule has 0 aromatic heterocycles. The van der Waals surface area contributed by atoms with Gasteiger partial charge in [0.1, 0.15) is 0 Å². The van der Waals surface area contributed by atoms with Crippen LogP contribution in [0.1, 0.15) is 34.0 Å². The molecule has 3 aromatic carbocycles. The Morgan fingerprint density at radius 3 is 2.47 bits per heavy atom. The van der Waals surface area contributed by atoms with Gasteiger partial charge < -0.3 is 14.8 Å². The van der Waals surface area contributed by atoms with E-state index in [1.165, 1.54) is 6.21 Å². The van der Waals surface area contributed by atoms with Crippen LogP contribution in [-0.4, -0.2) is 31.2 Å². The normalized spacial score (nSPS) is 10.7. The first kappa shape index (κ1) is 25.0. The van der Waals surface area contributed by atoms with E-state index in [2.05, 4.69) is 31.8 Å². The molecule has 0 unspecified atom stereocenters. The summed E-state index contributed by atoms with van der Waals surface area (Å²) in [7, 11) is 0. The number of carbonyl (C=O) groups is 2. The molecule has 0 heterocycles. The highest BCUT2D eigenvalue weighted by Gasteiger charge is 2.11. The van der Waals surface area contributed by atoms with Crippen molar-refractivity contribution in [1.82, 2.24) is 5.43 Å². The molecule has 0 aliphatic heterocycles. The lowest BCUT2D eigenvalue weighted by molar-refractivity contribution is -0.118. The number of aryl methyl sites for hydroxylation is 2. The number of anilines is 1. The number of benzene rings is 3. The van der Waals surface area contributed by atoms with Crippen molar-refractivity contribution < 1.29 is 19.1 Å². The average molecular weight is 524 g/mol. The van der Waals surface area contributed by atoms with Crippen LogP contribution in [0.25, 0.3) is 0 Å². The number of hydrogen-bond donors (Lipinski definition) is 2. The van der Waals surface area contributed by atoms with E-state index in [-0.39, 0.29) is 18.4 Å². The van der Waals surface area contributed by atoms with Crippen LogP contribution in [0, 0.1) is 13.8 Å². The number of hydrazone groups is 1. The van der Waals surface area contributed by atoms with Gasteiger partial charge in [0, 0.05) is 15.7 Å². The van der Waals surface area contributed by atoms with Crippen LogP contribution in [0.4, 0.5) is 5.69 Å². The number of halogens is 1. The number of ether oxygens (including phenoxy) is 2. The molecule has 0 spiro atoms. The molecule has 3 rings (SSSR count). The van der Waals surface area contributed by atoms with Crippen molar-refractivity contribution in [3.05, 3.63) is 87.4 Å². The summed E-state index contributed by atoms with van der Waals surface area (Å²) >= 11 is 3.34. The zero-order chi connectivity index (χ0) is 24.5. The summed E-state index contributed by atoms with van der Waals surface area (Å²) in [6.07, 6.45) is 1.51. The lowest BCUT2D eigenvalue weighted by Crippen LogP contribution is -2.21. The van der Waals surface area contributed by atoms with E-state index in [0.717, 1.165) is 21.3 Å². The Balaban J connectivity index is 1.61. The molecule has 0 saturated heterocycles. The lowest BCUT2D eigenvalue weighted by Gasteiger charge is -2.13. The molecule has 0 bridgehead atoms. The zero-order valence-electron chi connectivity index (χ0n) is 19.2. The van der Waals surface area contributed by atoms with Crippen molar-refractivity contribution in [1.29, 1.82) is 0 Å². The molecule has 2 N–H and O–H groups in total. The third-order valence-electron chi connectivity index (χ3n) is 4.78. The van der Waals surface area contributed by atoms with Crippen LogP contribution in [0.15, 0.2) is 70.2 Å². The third-order valence-corrected chi connectivity index (χ3v) is 5.31. The van der Waals surface area contributed by atoms with E-state index in [0.29, 0.717) is 29.2 Å². The standard InChI is InChI=1S/C26H26BrN3O4/c1-4-33-24-14-19(15-28-30-26(32)20-8-10-21(27)11-9-20)7-12-23(24)34-16-25(31)29-22-13-17(2)5-6-18(22)3/h5-15H,4,16H2,1-3H3,(H,29,31)(H,30,32)/b28-15+. The maximum absolute atomic E-state index is 12.4. The maximum Gasteiger partial charge on any atom is 0.271 e. The predicted molar refractivity (Wildman–Crippen MR) is 137 cm³/mol. The minimum Gasteiger partial charge on any atom is -0.490 e. The summed E-state index contributed by atoms with van der Waals surface area (Å²) in [6.45, 7) is 6.02. The van der Waals surface area contributed by atoms with Gasteiger partial charge in [-0.25, -0.2) is 5.43 Å². The molecule has 8 heteroatoms. The highest BCUT2D eigenvalue weighted by molar-refractivity contribution is 9.10. The zero-order valence-corrected chi connectivity index (χ0v) is 20.8. The van der Waals surface area contributed by atoms with Gasteiger partial charge in [0.25, 0.3) is 11.8 Å². The monoisotopic (exact) mass is 523 g/mol. The van der Waals surface area contributed by atoms with E-state index in [4.69, 9.17) is 9.47 Å². The van der Waals surface area contributed by atoms with Gasteiger partial charge in [-0.2, -0.15) is 5.10 Å². The second-order valence-corrected chi connectivity index (χ2v) is 8.42. The number of amides is 2. The lowest BCUT2D eigenvalue weighted by atomic mass is 10.1. The minimum absolute atomic E-state index is 0.163. The summed E-state index contributed by atoms with van der Waals surface area (Å²) < 4.78 is 12.3. The van der Waals surface area contributed by atoms with Gasteiger partial charge >= 0.3 is 0 Å². The van der Waals surface area contributed by atoms with Crippen LogP contribution in [0.5, 0.6) is 11.5 Å². The Bertz CT molecular complexity index is 1190. The summed E-state index contributed by atoms with van der Waals surface area (Å²) in [5.41, 5.74) is 6.49. The Morgan fingerprint density at radius 2 is 1.74 bits per heavy atom. The molecule has 0 aliphatic carbocycles. The van der Waals surface area contributed by atoms with Crippen LogP contribution >= 0.6 is 15.9 Å². The molecule has 176 valence electrons. The SMILES string of the molecule is CCOc1cc(/C=N/NC(=O)c2ccc(Br)cc2)ccc1OCC(=O)Nc1cc(C)ccc1C. The summed E-state index contributed by atoms with van der Waals surface area (Å²) in [5.74, 6) is 0.334. The largest absolute Gasteiger partial charge is 0.490 e. The Labute approximate surface area is 207 Å². The highest BCUT2D eigenvalue weighted by Crippen LogP contribution is 2.28. The molecular formula is C26H26BrN3O4. The van der Waals surface area contributed by atoms with Crippen molar-refractivity contribution in [3.63, 3.8) is 0 Å². The number of nitrogens with one attached hydrogen (secondary N) is 2. The van der Waals surface area contributed by atoms with Gasteiger partial charge in [0.05, 0.1) is 12.8 Å². The number of carbonyl (C=O) groups excluding carboxylic acids is 2. The van der Waals surface area contributed by atoms with Crippen LogP contribution in [0.2, 0.25) is 0 Å². The second kappa shape index (κ2) is 12.0. The van der Waals surface area contributed by atoms with E-state index in [1.807, 2.05) is 39.0 Å². The van der Waals surface area contributed by atoms with Crippen molar-refractivity contribution in [2.75, 3.05) is 18.5 Å². The first-order valence-electron chi connectivity index (χ1n) is 10.7. The van der Waals surface area contributed by atoms with E-state index in [9.17, 15) is 9.59 Å². The average Bonchev–Trinajstić information content (AvgIpc) is 2.81. The topological polar surface area (TPSA) is 89.0 Å². The molecule has 7 nitrogen and oxygen atoms in total. The van der Waals surface area contributed by atoms with E-state index < -0.39 is 0 Å². The summed E-state index contributed by atoms with van der Waals surface area (Å²) in [6, 6.07) is 18.0. The summed E-state index contributed by atoms with van der Waals surface area (Å²) in [5, 5.41) is 6.88.